The van der Waals surface area contributed by atoms with E-state index in [1.54, 1.807) is 18.2 Å². The normalized spacial score (nSPS) is 21.7. The molecule has 1 saturated carbocycles. The molecule has 0 heterocycles. The second-order valence-corrected chi connectivity index (χ2v) is 7.59. The van der Waals surface area contributed by atoms with Crippen molar-refractivity contribution in [3.05, 3.63) is 64.1 Å². The monoisotopic (exact) mass is 386 g/mol. The summed E-state index contributed by atoms with van der Waals surface area (Å²) < 4.78 is 19.4. The van der Waals surface area contributed by atoms with Crippen LogP contribution >= 0.6 is 11.6 Å². The number of aliphatic hydroxyl groups is 1. The Balaban J connectivity index is 1.74. The van der Waals surface area contributed by atoms with Gasteiger partial charge in [-0.3, -0.25) is 4.79 Å². The number of halogens is 2. The molecule has 0 aromatic heterocycles. The molecule has 0 saturated heterocycles. The summed E-state index contributed by atoms with van der Waals surface area (Å²) in [6, 6.07) is 9.68. The Morgan fingerprint density at radius 3 is 2.59 bits per heavy atom. The van der Waals surface area contributed by atoms with Crippen molar-refractivity contribution < 1.29 is 19.0 Å². The molecule has 140 valence electrons. The number of ketones is 1. The molecule has 2 aliphatic rings. The Kier molecular flexibility index (Phi) is 4.68. The molecule has 2 aliphatic carbocycles. The van der Waals surface area contributed by atoms with E-state index in [0.717, 1.165) is 31.2 Å². The fourth-order valence-corrected chi connectivity index (χ4v) is 4.23. The molecular weight excluding hydrogens is 367 g/mol. The van der Waals surface area contributed by atoms with Crippen LogP contribution in [0.1, 0.15) is 37.3 Å². The summed E-state index contributed by atoms with van der Waals surface area (Å²) in [5.41, 5.74) is 2.11. The number of aliphatic hydroxyl groups excluding tert-OH is 1. The molecule has 27 heavy (non-hydrogen) atoms. The fourth-order valence-electron chi connectivity index (χ4n) is 4.11. The van der Waals surface area contributed by atoms with Crippen molar-refractivity contribution in [2.24, 2.45) is 11.8 Å². The highest BCUT2D eigenvalue weighted by molar-refractivity contribution is 6.30. The summed E-state index contributed by atoms with van der Waals surface area (Å²) in [7, 11) is 0. The smallest absolute Gasteiger partial charge is 0.169 e. The molecule has 3 nitrogen and oxygen atoms in total. The van der Waals surface area contributed by atoms with Gasteiger partial charge in [-0.15, -0.1) is 0 Å². The minimum atomic E-state index is -0.557. The number of ether oxygens (including phenoxy) is 1. The molecule has 0 amide bonds. The predicted octanol–water partition coefficient (Wildman–Crippen LogP) is 6.10. The lowest BCUT2D eigenvalue weighted by Crippen LogP contribution is -2.21. The van der Waals surface area contributed by atoms with Gasteiger partial charge in [-0.05, 0) is 61.1 Å². The summed E-state index contributed by atoms with van der Waals surface area (Å²) in [6.07, 6.45) is 3.16. The highest BCUT2D eigenvalue weighted by Crippen LogP contribution is 2.46. The molecule has 2 aromatic rings. The van der Waals surface area contributed by atoms with E-state index in [0.29, 0.717) is 22.6 Å². The van der Waals surface area contributed by atoms with Crippen LogP contribution in [-0.4, -0.2) is 10.9 Å². The first-order chi connectivity index (χ1) is 13.0. The van der Waals surface area contributed by atoms with E-state index in [1.165, 1.54) is 12.1 Å². The summed E-state index contributed by atoms with van der Waals surface area (Å²) >= 11 is 5.71. The van der Waals surface area contributed by atoms with Crippen LogP contribution in [0.2, 0.25) is 5.02 Å². The van der Waals surface area contributed by atoms with E-state index < -0.39 is 5.82 Å². The summed E-state index contributed by atoms with van der Waals surface area (Å²) in [6.45, 7) is 2.01. The van der Waals surface area contributed by atoms with Gasteiger partial charge < -0.3 is 9.84 Å². The van der Waals surface area contributed by atoms with Gasteiger partial charge in [0.05, 0.1) is 10.6 Å². The molecule has 2 atom stereocenters. The van der Waals surface area contributed by atoms with E-state index in [-0.39, 0.29) is 28.4 Å². The maximum Gasteiger partial charge on any atom is 0.169 e. The number of Topliss-reactive ketones (excluding diaryl/α,β-unsaturated/α-hetero) is 1. The maximum absolute atomic E-state index is 13.7. The van der Waals surface area contributed by atoms with Crippen molar-refractivity contribution >= 4 is 23.0 Å². The van der Waals surface area contributed by atoms with Crippen LogP contribution in [-0.2, 0) is 11.2 Å². The van der Waals surface area contributed by atoms with Crippen molar-refractivity contribution in [3.63, 3.8) is 0 Å². The van der Waals surface area contributed by atoms with Crippen LogP contribution in [0.25, 0.3) is 5.57 Å². The summed E-state index contributed by atoms with van der Waals surface area (Å²) in [5, 5.41) is 10.7. The number of aryl methyl sites for hydroxylation is 1. The predicted molar refractivity (Wildman–Crippen MR) is 103 cm³/mol. The zero-order valence-electron chi connectivity index (χ0n) is 15.0. The van der Waals surface area contributed by atoms with Crippen LogP contribution in [0.3, 0.4) is 0 Å². The molecule has 1 fully saturated rings. The SMILES string of the molecule is CCc1ccc(Oc2ccc(Cl)c(F)c2)cc1C1=C(O)[C@@H]2CC[C@H](C2)C1=O. The first-order valence-electron chi connectivity index (χ1n) is 9.21. The average molecular weight is 387 g/mol. The average Bonchev–Trinajstić information content (AvgIpc) is 3.11. The third-order valence-electron chi connectivity index (χ3n) is 5.55. The number of benzene rings is 2. The van der Waals surface area contributed by atoms with E-state index in [9.17, 15) is 14.3 Å². The largest absolute Gasteiger partial charge is 0.511 e. The van der Waals surface area contributed by atoms with Gasteiger partial charge in [0.25, 0.3) is 0 Å². The molecule has 2 aromatic carbocycles. The minimum absolute atomic E-state index is 0.000502. The zero-order valence-corrected chi connectivity index (χ0v) is 15.7. The second-order valence-electron chi connectivity index (χ2n) is 7.18. The number of hydrogen-bond donors (Lipinski definition) is 1. The van der Waals surface area contributed by atoms with Gasteiger partial charge >= 0.3 is 0 Å². The van der Waals surface area contributed by atoms with Crippen molar-refractivity contribution in [1.82, 2.24) is 0 Å². The van der Waals surface area contributed by atoms with Gasteiger partial charge in [-0.2, -0.15) is 0 Å². The number of allylic oxidation sites excluding steroid dienone is 2. The molecule has 0 aliphatic heterocycles. The number of hydrogen-bond acceptors (Lipinski definition) is 3. The lowest BCUT2D eigenvalue weighted by molar-refractivity contribution is -0.117. The van der Waals surface area contributed by atoms with Gasteiger partial charge in [0, 0.05) is 17.9 Å². The van der Waals surface area contributed by atoms with E-state index in [1.807, 2.05) is 13.0 Å². The zero-order chi connectivity index (χ0) is 19.1. The highest BCUT2D eigenvalue weighted by atomic mass is 35.5. The van der Waals surface area contributed by atoms with Crippen molar-refractivity contribution in [3.8, 4) is 11.5 Å². The van der Waals surface area contributed by atoms with E-state index in [2.05, 4.69) is 0 Å². The van der Waals surface area contributed by atoms with Crippen LogP contribution < -0.4 is 4.74 Å². The van der Waals surface area contributed by atoms with E-state index in [4.69, 9.17) is 16.3 Å². The Morgan fingerprint density at radius 2 is 1.85 bits per heavy atom. The van der Waals surface area contributed by atoms with Crippen molar-refractivity contribution in [2.75, 3.05) is 0 Å². The van der Waals surface area contributed by atoms with Gasteiger partial charge in [0.15, 0.2) is 5.78 Å². The molecule has 2 bridgehead atoms. The third-order valence-corrected chi connectivity index (χ3v) is 5.86. The lowest BCUT2D eigenvalue weighted by Gasteiger charge is -2.23. The number of carbonyl (C=O) groups is 1. The van der Waals surface area contributed by atoms with Gasteiger partial charge in [-0.1, -0.05) is 24.6 Å². The molecule has 0 radical (unpaired) electrons. The topological polar surface area (TPSA) is 46.5 Å². The van der Waals surface area contributed by atoms with Crippen molar-refractivity contribution in [2.45, 2.75) is 32.6 Å². The summed E-state index contributed by atoms with van der Waals surface area (Å²) in [5.74, 6) is 0.542. The Hall–Kier alpha value is -2.33. The van der Waals surface area contributed by atoms with Crippen LogP contribution in [0.5, 0.6) is 11.5 Å². The molecule has 0 spiro atoms. The Morgan fingerprint density at radius 1 is 1.15 bits per heavy atom. The third kappa shape index (κ3) is 3.23. The number of rotatable bonds is 4. The molecule has 4 rings (SSSR count). The molecule has 1 N–H and O–H groups in total. The standard InChI is InChI=1S/C22H20ClFO3/c1-2-12-5-6-15(27-16-7-8-18(23)19(24)11-16)10-17(12)20-21(25)13-3-4-14(9-13)22(20)26/h5-8,10-11,13-14,25H,2-4,9H2,1H3/t13-,14-/m1/s1. The fraction of sp³-hybridized carbons (Fsp3) is 0.318. The van der Waals surface area contributed by atoms with Crippen LogP contribution in [0.15, 0.2) is 42.2 Å². The van der Waals surface area contributed by atoms with Gasteiger partial charge in [0.1, 0.15) is 23.1 Å². The summed E-state index contributed by atoms with van der Waals surface area (Å²) in [4.78, 5) is 12.9. The van der Waals surface area contributed by atoms with Crippen molar-refractivity contribution in [1.29, 1.82) is 0 Å². The van der Waals surface area contributed by atoms with Crippen LogP contribution in [0.4, 0.5) is 4.39 Å². The first-order valence-corrected chi connectivity index (χ1v) is 9.59. The van der Waals surface area contributed by atoms with Crippen LogP contribution in [0, 0.1) is 17.7 Å². The Bertz CT molecular complexity index is 951. The number of carbonyl (C=O) groups excluding carboxylic acids is 1. The molecule has 0 unspecified atom stereocenters. The second kappa shape index (κ2) is 7.01. The van der Waals surface area contributed by atoms with Gasteiger partial charge in [0.2, 0.25) is 0 Å². The molecule has 5 heteroatoms. The first kappa shape index (κ1) is 18.1. The van der Waals surface area contributed by atoms with Gasteiger partial charge in [-0.25, -0.2) is 4.39 Å². The Labute approximate surface area is 162 Å². The minimum Gasteiger partial charge on any atom is -0.511 e. The quantitative estimate of drug-likeness (QED) is 0.690. The lowest BCUT2D eigenvalue weighted by atomic mass is 9.81. The molecular formula is C22H20ClFO3. The van der Waals surface area contributed by atoms with E-state index >= 15 is 0 Å². The number of fused-ring (bicyclic) bond motifs is 2. The maximum atomic E-state index is 13.7. The highest BCUT2D eigenvalue weighted by Gasteiger charge is 2.41.